The Kier molecular flexibility index (Phi) is 3.50. The highest BCUT2D eigenvalue weighted by Gasteiger charge is 2.20. The summed E-state index contributed by atoms with van der Waals surface area (Å²) in [6, 6.07) is 3.72. The Morgan fingerprint density at radius 1 is 1.28 bits per heavy atom. The number of halogens is 2. The summed E-state index contributed by atoms with van der Waals surface area (Å²) in [4.78, 5) is 0. The molecule has 2 aromatic heterocycles. The molecule has 1 aliphatic rings. The van der Waals surface area contributed by atoms with E-state index in [1.807, 2.05) is 12.1 Å². The molecule has 1 saturated carbocycles. The summed E-state index contributed by atoms with van der Waals surface area (Å²) in [7, 11) is 0. The minimum Gasteiger partial charge on any atom is -0.485 e. The molecular formula is C12H12Cl2N2OS. The van der Waals surface area contributed by atoms with Crippen molar-refractivity contribution in [3.05, 3.63) is 27.8 Å². The maximum Gasteiger partial charge on any atom is 0.177 e. The normalized spacial score (nSPS) is 16.3. The molecule has 0 spiro atoms. The van der Waals surface area contributed by atoms with Gasteiger partial charge in [-0.05, 0) is 37.8 Å². The molecule has 96 valence electrons. The second-order valence-corrected chi connectivity index (χ2v) is 6.37. The van der Waals surface area contributed by atoms with E-state index in [4.69, 9.17) is 27.9 Å². The summed E-state index contributed by atoms with van der Waals surface area (Å²) < 4.78 is 8.24. The minimum atomic E-state index is 0.284. The summed E-state index contributed by atoms with van der Waals surface area (Å²) in [5.41, 5.74) is 0. The first-order chi connectivity index (χ1) is 8.74. The van der Waals surface area contributed by atoms with Crippen molar-refractivity contribution in [1.82, 2.24) is 9.78 Å². The molecule has 3 nitrogen and oxygen atoms in total. The lowest BCUT2D eigenvalue weighted by Crippen LogP contribution is -2.10. The van der Waals surface area contributed by atoms with E-state index in [0.717, 1.165) is 22.2 Å². The molecule has 0 atom stereocenters. The second-order valence-electron chi connectivity index (χ2n) is 4.31. The quantitative estimate of drug-likeness (QED) is 0.831. The molecule has 0 unspecified atom stereocenters. The van der Waals surface area contributed by atoms with Crippen LogP contribution in [0.4, 0.5) is 0 Å². The van der Waals surface area contributed by atoms with Gasteiger partial charge in [0.1, 0.15) is 5.00 Å². The summed E-state index contributed by atoms with van der Waals surface area (Å²) >= 11 is 13.6. The van der Waals surface area contributed by atoms with Crippen molar-refractivity contribution in [1.29, 1.82) is 0 Å². The van der Waals surface area contributed by atoms with Crippen LogP contribution in [0.3, 0.4) is 0 Å². The molecule has 0 radical (unpaired) electrons. The monoisotopic (exact) mass is 302 g/mol. The highest BCUT2D eigenvalue weighted by Crippen LogP contribution is 2.33. The molecule has 1 fully saturated rings. The molecule has 18 heavy (non-hydrogen) atoms. The van der Waals surface area contributed by atoms with Crippen molar-refractivity contribution < 1.29 is 4.74 Å². The van der Waals surface area contributed by atoms with Crippen molar-refractivity contribution in [2.75, 3.05) is 0 Å². The van der Waals surface area contributed by atoms with Crippen LogP contribution < -0.4 is 4.74 Å². The van der Waals surface area contributed by atoms with Crippen molar-refractivity contribution >= 4 is 34.5 Å². The summed E-state index contributed by atoms with van der Waals surface area (Å²) in [6.07, 6.45) is 6.63. The van der Waals surface area contributed by atoms with Crippen LogP contribution >= 0.6 is 34.5 Å². The number of nitrogens with zero attached hydrogens (tertiary/aromatic N) is 2. The highest BCUT2D eigenvalue weighted by atomic mass is 35.5. The van der Waals surface area contributed by atoms with Crippen LogP contribution in [0.2, 0.25) is 9.49 Å². The number of hydrogen-bond donors (Lipinski definition) is 0. The van der Waals surface area contributed by atoms with Gasteiger partial charge in [0.15, 0.2) is 10.9 Å². The molecule has 0 N–H and O–H groups in total. The standard InChI is InChI=1S/C12H12Cl2N2OS/c13-10-5-6-11(18-10)16-12(14)9(7-15-16)17-8-3-1-2-4-8/h5-8H,1-4H2. The first-order valence-corrected chi connectivity index (χ1v) is 7.47. The zero-order valence-corrected chi connectivity index (χ0v) is 11.9. The van der Waals surface area contributed by atoms with Gasteiger partial charge in [0.05, 0.1) is 16.6 Å². The molecule has 2 aromatic rings. The fourth-order valence-corrected chi connectivity index (χ4v) is 3.43. The smallest absolute Gasteiger partial charge is 0.177 e. The van der Waals surface area contributed by atoms with Crippen molar-refractivity contribution in [2.24, 2.45) is 0 Å². The molecule has 0 aromatic carbocycles. The summed E-state index contributed by atoms with van der Waals surface area (Å²) in [5.74, 6) is 0.660. The average Bonchev–Trinajstić information content (AvgIpc) is 3.04. The van der Waals surface area contributed by atoms with E-state index in [1.54, 1.807) is 10.9 Å². The van der Waals surface area contributed by atoms with Gasteiger partial charge in [-0.2, -0.15) is 5.10 Å². The Balaban J connectivity index is 1.83. The van der Waals surface area contributed by atoms with E-state index in [-0.39, 0.29) is 6.10 Å². The molecule has 1 aliphatic carbocycles. The van der Waals surface area contributed by atoms with Crippen molar-refractivity contribution in [3.63, 3.8) is 0 Å². The van der Waals surface area contributed by atoms with Crippen LogP contribution in [0.15, 0.2) is 18.3 Å². The number of rotatable bonds is 3. The van der Waals surface area contributed by atoms with Gasteiger partial charge in [-0.15, -0.1) is 11.3 Å². The highest BCUT2D eigenvalue weighted by molar-refractivity contribution is 7.18. The van der Waals surface area contributed by atoms with E-state index in [1.165, 1.54) is 24.2 Å². The van der Waals surface area contributed by atoms with Crippen LogP contribution in [0.1, 0.15) is 25.7 Å². The Morgan fingerprint density at radius 2 is 2.06 bits per heavy atom. The molecule has 0 aliphatic heterocycles. The molecule has 0 saturated heterocycles. The van der Waals surface area contributed by atoms with Gasteiger partial charge in [-0.3, -0.25) is 0 Å². The van der Waals surface area contributed by atoms with E-state index < -0.39 is 0 Å². The van der Waals surface area contributed by atoms with Gasteiger partial charge >= 0.3 is 0 Å². The van der Waals surface area contributed by atoms with Gasteiger partial charge in [0.25, 0.3) is 0 Å². The first kappa shape index (κ1) is 12.3. The third-order valence-corrected chi connectivity index (χ3v) is 4.60. The SMILES string of the molecule is Clc1ccc(-n2ncc(OC3CCCC3)c2Cl)s1. The van der Waals surface area contributed by atoms with E-state index in [0.29, 0.717) is 10.9 Å². The lowest BCUT2D eigenvalue weighted by Gasteiger charge is -2.11. The van der Waals surface area contributed by atoms with Crippen LogP contribution in [-0.2, 0) is 0 Å². The third kappa shape index (κ3) is 2.37. The number of hydrogen-bond acceptors (Lipinski definition) is 3. The second kappa shape index (κ2) is 5.11. The summed E-state index contributed by atoms with van der Waals surface area (Å²) in [5, 5.41) is 5.66. The molecule has 6 heteroatoms. The first-order valence-electron chi connectivity index (χ1n) is 5.90. The van der Waals surface area contributed by atoms with Crippen LogP contribution in [0.5, 0.6) is 5.75 Å². The number of ether oxygens (including phenoxy) is 1. The van der Waals surface area contributed by atoms with Crippen molar-refractivity contribution in [3.8, 4) is 10.8 Å². The fourth-order valence-electron chi connectivity index (χ4n) is 2.16. The zero-order chi connectivity index (χ0) is 12.5. The number of thiophene rings is 1. The molecule has 2 heterocycles. The van der Waals surface area contributed by atoms with Gasteiger partial charge in [-0.1, -0.05) is 23.2 Å². The lowest BCUT2D eigenvalue weighted by atomic mass is 10.3. The maximum atomic E-state index is 6.29. The van der Waals surface area contributed by atoms with E-state index in [9.17, 15) is 0 Å². The van der Waals surface area contributed by atoms with Gasteiger partial charge < -0.3 is 4.74 Å². The minimum absolute atomic E-state index is 0.284. The zero-order valence-electron chi connectivity index (χ0n) is 9.60. The molecule has 0 bridgehead atoms. The van der Waals surface area contributed by atoms with Crippen LogP contribution in [-0.4, -0.2) is 15.9 Å². The van der Waals surface area contributed by atoms with E-state index >= 15 is 0 Å². The van der Waals surface area contributed by atoms with Gasteiger partial charge in [0.2, 0.25) is 0 Å². The molecule has 0 amide bonds. The topological polar surface area (TPSA) is 27.1 Å². The average molecular weight is 303 g/mol. The number of aromatic nitrogens is 2. The third-order valence-electron chi connectivity index (χ3n) is 3.04. The predicted molar refractivity (Wildman–Crippen MR) is 74.3 cm³/mol. The van der Waals surface area contributed by atoms with E-state index in [2.05, 4.69) is 5.10 Å². The Labute approximate surface area is 119 Å². The van der Waals surface area contributed by atoms with Crippen LogP contribution in [0.25, 0.3) is 5.00 Å². The predicted octanol–water partition coefficient (Wildman–Crippen LogP) is 4.56. The molecule has 3 rings (SSSR count). The summed E-state index contributed by atoms with van der Waals surface area (Å²) in [6.45, 7) is 0. The van der Waals surface area contributed by atoms with Gasteiger partial charge in [0, 0.05) is 0 Å². The Bertz CT molecular complexity index is 546. The largest absolute Gasteiger partial charge is 0.485 e. The van der Waals surface area contributed by atoms with Crippen LogP contribution in [0, 0.1) is 0 Å². The Hall–Kier alpha value is -0.710. The van der Waals surface area contributed by atoms with Gasteiger partial charge in [-0.25, -0.2) is 4.68 Å². The lowest BCUT2D eigenvalue weighted by molar-refractivity contribution is 0.210. The Morgan fingerprint density at radius 3 is 2.72 bits per heavy atom. The van der Waals surface area contributed by atoms with Crippen molar-refractivity contribution in [2.45, 2.75) is 31.8 Å². The molecular weight excluding hydrogens is 291 g/mol. The maximum absolute atomic E-state index is 6.29. The fraction of sp³-hybridized carbons (Fsp3) is 0.417.